The molecule has 0 aliphatic carbocycles. The highest BCUT2D eigenvalue weighted by molar-refractivity contribution is 9.10. The minimum absolute atomic E-state index is 0. The Morgan fingerprint density at radius 3 is 2.35 bits per heavy atom. The van der Waals surface area contributed by atoms with Gasteiger partial charge in [-0.2, -0.15) is 0 Å². The Labute approximate surface area is 151 Å². The number of carbonyl (C=O) groups excluding carboxylic acids is 1. The molecular formula is C15H23BrClN3O3. The zero-order valence-corrected chi connectivity index (χ0v) is 15.8. The molecule has 2 N–H and O–H groups in total. The van der Waals surface area contributed by atoms with Gasteiger partial charge in [0.05, 0.1) is 14.2 Å². The van der Waals surface area contributed by atoms with Gasteiger partial charge in [-0.1, -0.05) is 0 Å². The van der Waals surface area contributed by atoms with E-state index in [-0.39, 0.29) is 18.3 Å². The molecule has 0 atom stereocenters. The fourth-order valence-electron chi connectivity index (χ4n) is 2.36. The van der Waals surface area contributed by atoms with Gasteiger partial charge in [0, 0.05) is 44.8 Å². The van der Waals surface area contributed by atoms with Gasteiger partial charge in [-0.05, 0) is 28.1 Å². The van der Waals surface area contributed by atoms with E-state index in [9.17, 15) is 4.79 Å². The fourth-order valence-corrected chi connectivity index (χ4v) is 2.92. The number of nitrogens with zero attached hydrogens (tertiary/aromatic N) is 1. The molecule has 23 heavy (non-hydrogen) atoms. The number of rotatable bonds is 6. The van der Waals surface area contributed by atoms with E-state index in [4.69, 9.17) is 9.47 Å². The summed E-state index contributed by atoms with van der Waals surface area (Å²) in [4.78, 5) is 14.6. The number of nitrogens with one attached hydrogen (secondary N) is 2. The van der Waals surface area contributed by atoms with Crippen molar-refractivity contribution in [2.45, 2.75) is 0 Å². The van der Waals surface area contributed by atoms with Crippen LogP contribution in [0.4, 0.5) is 0 Å². The monoisotopic (exact) mass is 407 g/mol. The van der Waals surface area contributed by atoms with Crippen LogP contribution in [0.3, 0.4) is 0 Å². The molecule has 0 unspecified atom stereocenters. The van der Waals surface area contributed by atoms with Gasteiger partial charge in [0.2, 0.25) is 0 Å². The first-order valence-electron chi connectivity index (χ1n) is 7.28. The van der Waals surface area contributed by atoms with Gasteiger partial charge in [0.1, 0.15) is 16.0 Å². The van der Waals surface area contributed by atoms with Crippen molar-refractivity contribution in [3.63, 3.8) is 0 Å². The molecule has 2 rings (SSSR count). The summed E-state index contributed by atoms with van der Waals surface area (Å²) in [5.74, 6) is 1.03. The van der Waals surface area contributed by atoms with Crippen LogP contribution in [0.2, 0.25) is 0 Å². The zero-order chi connectivity index (χ0) is 15.9. The fraction of sp³-hybridized carbons (Fsp3) is 0.533. The van der Waals surface area contributed by atoms with E-state index in [0.717, 1.165) is 32.7 Å². The lowest BCUT2D eigenvalue weighted by molar-refractivity contribution is 0.0946. The Hall–Kier alpha value is -1.02. The van der Waals surface area contributed by atoms with Crippen LogP contribution in [0.5, 0.6) is 11.5 Å². The summed E-state index contributed by atoms with van der Waals surface area (Å²) in [6, 6.07) is 3.40. The van der Waals surface area contributed by atoms with Gasteiger partial charge < -0.3 is 20.1 Å². The molecule has 0 radical (unpaired) electrons. The minimum Gasteiger partial charge on any atom is -0.495 e. The predicted octanol–water partition coefficient (Wildman–Crippen LogP) is 1.52. The molecule has 1 saturated heterocycles. The molecule has 0 bridgehead atoms. The van der Waals surface area contributed by atoms with Crippen LogP contribution < -0.4 is 20.1 Å². The lowest BCUT2D eigenvalue weighted by atomic mass is 10.2. The highest BCUT2D eigenvalue weighted by Gasteiger charge is 2.15. The molecule has 1 heterocycles. The van der Waals surface area contributed by atoms with Crippen molar-refractivity contribution in [1.29, 1.82) is 0 Å². The van der Waals surface area contributed by atoms with E-state index in [2.05, 4.69) is 31.5 Å². The normalized spacial score (nSPS) is 14.7. The number of ether oxygens (including phenoxy) is 2. The number of benzene rings is 1. The largest absolute Gasteiger partial charge is 0.495 e. The summed E-state index contributed by atoms with van der Waals surface area (Å²) >= 11 is 3.40. The maximum atomic E-state index is 12.3. The van der Waals surface area contributed by atoms with Gasteiger partial charge in [-0.25, -0.2) is 0 Å². The van der Waals surface area contributed by atoms with Crippen LogP contribution in [0.25, 0.3) is 0 Å². The van der Waals surface area contributed by atoms with Crippen LogP contribution in [0.1, 0.15) is 10.4 Å². The smallest absolute Gasteiger partial charge is 0.251 e. The van der Waals surface area contributed by atoms with Gasteiger partial charge in [-0.15, -0.1) is 12.4 Å². The summed E-state index contributed by atoms with van der Waals surface area (Å²) in [6.45, 7) is 5.55. The minimum atomic E-state index is -0.126. The molecule has 0 aromatic heterocycles. The molecular weight excluding hydrogens is 386 g/mol. The predicted molar refractivity (Wildman–Crippen MR) is 96.1 cm³/mol. The zero-order valence-electron chi connectivity index (χ0n) is 13.4. The van der Waals surface area contributed by atoms with E-state index < -0.39 is 0 Å². The Morgan fingerprint density at radius 1 is 1.26 bits per heavy atom. The van der Waals surface area contributed by atoms with Crippen molar-refractivity contribution in [1.82, 2.24) is 15.5 Å². The molecule has 1 aliphatic heterocycles. The summed E-state index contributed by atoms with van der Waals surface area (Å²) in [5, 5.41) is 6.25. The lowest BCUT2D eigenvalue weighted by Gasteiger charge is -2.27. The van der Waals surface area contributed by atoms with Gasteiger partial charge in [0.15, 0.2) is 0 Å². The first kappa shape index (κ1) is 20.0. The summed E-state index contributed by atoms with van der Waals surface area (Å²) in [6.07, 6.45) is 0. The third kappa shape index (κ3) is 5.53. The quantitative estimate of drug-likeness (QED) is 0.747. The lowest BCUT2D eigenvalue weighted by Crippen LogP contribution is -2.46. The number of hydrogen-bond acceptors (Lipinski definition) is 5. The molecule has 1 aromatic carbocycles. The summed E-state index contributed by atoms with van der Waals surface area (Å²) in [5.41, 5.74) is 0.525. The number of carbonyl (C=O) groups is 1. The molecule has 0 spiro atoms. The maximum absolute atomic E-state index is 12.3. The van der Waals surface area contributed by atoms with E-state index in [1.165, 1.54) is 0 Å². The number of piperazine rings is 1. The van der Waals surface area contributed by atoms with Crippen molar-refractivity contribution >= 4 is 34.2 Å². The number of halogens is 2. The molecule has 0 saturated carbocycles. The van der Waals surface area contributed by atoms with Crippen LogP contribution in [-0.4, -0.2) is 64.3 Å². The van der Waals surface area contributed by atoms with Gasteiger partial charge in [-0.3, -0.25) is 9.69 Å². The Kier molecular flexibility index (Phi) is 8.68. The highest BCUT2D eigenvalue weighted by atomic mass is 79.9. The van der Waals surface area contributed by atoms with Crippen molar-refractivity contribution < 1.29 is 14.3 Å². The van der Waals surface area contributed by atoms with Gasteiger partial charge in [0.25, 0.3) is 5.91 Å². The second-order valence-corrected chi connectivity index (χ2v) is 5.84. The summed E-state index contributed by atoms with van der Waals surface area (Å²) < 4.78 is 11.2. The average Bonchev–Trinajstić information content (AvgIpc) is 2.56. The van der Waals surface area contributed by atoms with E-state index in [1.54, 1.807) is 26.4 Å². The van der Waals surface area contributed by atoms with Crippen molar-refractivity contribution in [3.8, 4) is 11.5 Å². The first-order chi connectivity index (χ1) is 10.7. The van der Waals surface area contributed by atoms with Crippen molar-refractivity contribution in [2.75, 3.05) is 53.5 Å². The topological polar surface area (TPSA) is 62.8 Å². The van der Waals surface area contributed by atoms with Crippen LogP contribution >= 0.6 is 28.3 Å². The average molecular weight is 409 g/mol. The molecule has 1 fully saturated rings. The van der Waals surface area contributed by atoms with Crippen molar-refractivity contribution in [3.05, 3.63) is 22.2 Å². The van der Waals surface area contributed by atoms with Crippen LogP contribution in [-0.2, 0) is 0 Å². The first-order valence-corrected chi connectivity index (χ1v) is 8.07. The SMILES string of the molecule is COc1cc(C(=O)NCCN2CCNCC2)cc(OC)c1Br.Cl. The molecule has 1 aromatic rings. The second-order valence-electron chi connectivity index (χ2n) is 5.04. The number of amides is 1. The Morgan fingerprint density at radius 2 is 1.83 bits per heavy atom. The van der Waals surface area contributed by atoms with Crippen molar-refractivity contribution in [2.24, 2.45) is 0 Å². The molecule has 1 aliphatic rings. The third-order valence-corrected chi connectivity index (χ3v) is 4.41. The third-order valence-electron chi connectivity index (χ3n) is 3.63. The summed E-state index contributed by atoms with van der Waals surface area (Å²) in [7, 11) is 3.12. The standard InChI is InChI=1S/C15H22BrN3O3.ClH/c1-21-12-9-11(10-13(22-2)14(12)16)15(20)18-5-8-19-6-3-17-4-7-19;/h9-10,17H,3-8H2,1-2H3,(H,18,20);1H. The van der Waals surface area contributed by atoms with Crippen LogP contribution in [0.15, 0.2) is 16.6 Å². The molecule has 6 nitrogen and oxygen atoms in total. The maximum Gasteiger partial charge on any atom is 0.251 e. The Balaban J connectivity index is 0.00000264. The second kappa shape index (κ2) is 9.97. The molecule has 130 valence electrons. The van der Waals surface area contributed by atoms with Gasteiger partial charge >= 0.3 is 0 Å². The van der Waals surface area contributed by atoms with E-state index >= 15 is 0 Å². The number of methoxy groups -OCH3 is 2. The van der Waals surface area contributed by atoms with E-state index in [1.807, 2.05) is 0 Å². The van der Waals surface area contributed by atoms with E-state index in [0.29, 0.717) is 28.1 Å². The van der Waals surface area contributed by atoms with Crippen LogP contribution in [0, 0.1) is 0 Å². The molecule has 8 heteroatoms. The molecule has 1 amide bonds. The Bertz CT molecular complexity index is 500. The number of hydrogen-bond donors (Lipinski definition) is 2. The highest BCUT2D eigenvalue weighted by Crippen LogP contribution is 2.35.